The maximum atomic E-state index is 13.9. The lowest BCUT2D eigenvalue weighted by Gasteiger charge is -2.20. The Bertz CT molecular complexity index is 565. The third kappa shape index (κ3) is 4.22. The van der Waals surface area contributed by atoms with Gasteiger partial charge in [0.25, 0.3) is 5.91 Å². The van der Waals surface area contributed by atoms with Crippen LogP contribution in [0.4, 0.5) is 10.1 Å². The van der Waals surface area contributed by atoms with Crippen LogP contribution in [0, 0.1) is 5.82 Å². The Morgan fingerprint density at radius 2 is 2.14 bits per heavy atom. The van der Waals surface area contributed by atoms with E-state index in [9.17, 15) is 14.0 Å². The first-order valence-corrected chi connectivity index (χ1v) is 8.55. The molecule has 0 unspecified atom stereocenters. The molecule has 22 heavy (non-hydrogen) atoms. The molecule has 2 amide bonds. The summed E-state index contributed by atoms with van der Waals surface area (Å²) in [4.78, 5) is 23.4. The zero-order valence-electron chi connectivity index (χ0n) is 12.8. The van der Waals surface area contributed by atoms with Gasteiger partial charge >= 0.3 is 0 Å². The van der Waals surface area contributed by atoms with Crippen LogP contribution in [0.1, 0.15) is 43.5 Å². The average Bonchev–Trinajstić information content (AvgIpc) is 2.88. The van der Waals surface area contributed by atoms with E-state index in [2.05, 4.69) is 17.6 Å². The van der Waals surface area contributed by atoms with Crippen LogP contribution < -0.4 is 10.6 Å². The molecule has 2 N–H and O–H groups in total. The zero-order valence-corrected chi connectivity index (χ0v) is 13.6. The molecule has 1 aromatic rings. The summed E-state index contributed by atoms with van der Waals surface area (Å²) in [6, 6.07) is 4.11. The standard InChI is InChI=1S/C16H21FN2O2S/c1-3-22-15-6-4-5-14(15)19-16(21)12-9-11(18-10(2)20)7-8-13(12)17/h7-9,14-15H,3-6H2,1-2H3,(H,18,20)(H,19,21)/t14-,15+/m0/s1. The van der Waals surface area contributed by atoms with Gasteiger partial charge in [-0.1, -0.05) is 13.3 Å². The number of amides is 2. The summed E-state index contributed by atoms with van der Waals surface area (Å²) >= 11 is 1.83. The zero-order chi connectivity index (χ0) is 16.1. The predicted molar refractivity (Wildman–Crippen MR) is 87.7 cm³/mol. The van der Waals surface area contributed by atoms with Crippen molar-refractivity contribution in [2.45, 2.75) is 44.4 Å². The molecule has 4 nitrogen and oxygen atoms in total. The highest BCUT2D eigenvalue weighted by Crippen LogP contribution is 2.30. The van der Waals surface area contributed by atoms with Gasteiger partial charge in [-0.2, -0.15) is 11.8 Å². The SMILES string of the molecule is CCS[C@@H]1CCC[C@@H]1NC(=O)c1cc(NC(C)=O)ccc1F. The van der Waals surface area contributed by atoms with E-state index in [1.807, 2.05) is 11.8 Å². The van der Waals surface area contributed by atoms with Crippen LogP contribution >= 0.6 is 11.8 Å². The van der Waals surface area contributed by atoms with Crippen LogP contribution in [-0.2, 0) is 4.79 Å². The van der Waals surface area contributed by atoms with Gasteiger partial charge in [-0.3, -0.25) is 9.59 Å². The fraction of sp³-hybridized carbons (Fsp3) is 0.500. The molecule has 2 atom stereocenters. The van der Waals surface area contributed by atoms with E-state index in [0.717, 1.165) is 25.0 Å². The van der Waals surface area contributed by atoms with Crippen molar-refractivity contribution < 1.29 is 14.0 Å². The van der Waals surface area contributed by atoms with E-state index in [-0.39, 0.29) is 17.5 Å². The summed E-state index contributed by atoms with van der Waals surface area (Å²) in [6.45, 7) is 3.46. The second-order valence-corrected chi connectivity index (χ2v) is 6.90. The van der Waals surface area contributed by atoms with Crippen LogP contribution in [0.3, 0.4) is 0 Å². The Kier molecular flexibility index (Phi) is 5.83. The number of carbonyl (C=O) groups is 2. The van der Waals surface area contributed by atoms with E-state index in [1.54, 1.807) is 0 Å². The molecule has 0 radical (unpaired) electrons. The fourth-order valence-corrected chi connectivity index (χ4v) is 3.93. The van der Waals surface area contributed by atoms with Crippen molar-refractivity contribution in [2.24, 2.45) is 0 Å². The number of hydrogen-bond acceptors (Lipinski definition) is 3. The molecule has 1 fully saturated rings. The van der Waals surface area contributed by atoms with Gasteiger partial charge < -0.3 is 10.6 Å². The van der Waals surface area contributed by atoms with Gasteiger partial charge in [0.2, 0.25) is 5.91 Å². The Morgan fingerprint density at radius 1 is 1.36 bits per heavy atom. The van der Waals surface area contributed by atoms with Crippen molar-refractivity contribution >= 4 is 29.3 Å². The maximum Gasteiger partial charge on any atom is 0.254 e. The molecule has 1 aliphatic carbocycles. The predicted octanol–water partition coefficient (Wildman–Crippen LogP) is 3.19. The smallest absolute Gasteiger partial charge is 0.254 e. The molecule has 0 aliphatic heterocycles. The Balaban J connectivity index is 2.10. The van der Waals surface area contributed by atoms with Gasteiger partial charge in [-0.25, -0.2) is 4.39 Å². The monoisotopic (exact) mass is 324 g/mol. The highest BCUT2D eigenvalue weighted by molar-refractivity contribution is 7.99. The number of halogens is 1. The summed E-state index contributed by atoms with van der Waals surface area (Å²) in [6.07, 6.45) is 3.09. The number of benzene rings is 1. The topological polar surface area (TPSA) is 58.2 Å². The number of thioether (sulfide) groups is 1. The van der Waals surface area contributed by atoms with Crippen molar-refractivity contribution in [1.82, 2.24) is 5.32 Å². The summed E-state index contributed by atoms with van der Waals surface area (Å²) in [7, 11) is 0. The van der Waals surface area contributed by atoms with Crippen molar-refractivity contribution in [3.8, 4) is 0 Å². The van der Waals surface area contributed by atoms with Crippen molar-refractivity contribution in [1.29, 1.82) is 0 Å². The number of nitrogens with one attached hydrogen (secondary N) is 2. The van der Waals surface area contributed by atoms with Crippen molar-refractivity contribution in [3.05, 3.63) is 29.6 Å². The first-order chi connectivity index (χ1) is 10.5. The minimum Gasteiger partial charge on any atom is -0.348 e. The maximum absolute atomic E-state index is 13.9. The average molecular weight is 324 g/mol. The molecular weight excluding hydrogens is 303 g/mol. The molecule has 1 saturated carbocycles. The molecule has 0 spiro atoms. The molecule has 0 saturated heterocycles. The van der Waals surface area contributed by atoms with Gasteiger partial charge in [-0.15, -0.1) is 0 Å². The molecule has 6 heteroatoms. The highest BCUT2D eigenvalue weighted by atomic mass is 32.2. The molecule has 0 bridgehead atoms. The molecule has 1 aliphatic rings. The molecule has 0 heterocycles. The second kappa shape index (κ2) is 7.63. The summed E-state index contributed by atoms with van der Waals surface area (Å²) in [5.74, 6) is -0.251. The van der Waals surface area contributed by atoms with E-state index in [1.165, 1.54) is 25.1 Å². The number of hydrogen-bond donors (Lipinski definition) is 2. The molecule has 120 valence electrons. The number of rotatable bonds is 5. The fourth-order valence-electron chi connectivity index (χ4n) is 2.73. The number of carbonyl (C=O) groups excluding carboxylic acids is 2. The lowest BCUT2D eigenvalue weighted by atomic mass is 10.1. The third-order valence-electron chi connectivity index (χ3n) is 3.68. The number of anilines is 1. The van der Waals surface area contributed by atoms with Gasteiger partial charge in [0, 0.05) is 23.9 Å². The Morgan fingerprint density at radius 3 is 2.82 bits per heavy atom. The minimum absolute atomic E-state index is 0.0293. The van der Waals surface area contributed by atoms with Gasteiger partial charge in [-0.05, 0) is 36.8 Å². The first-order valence-electron chi connectivity index (χ1n) is 7.51. The molecule has 0 aromatic heterocycles. The van der Waals surface area contributed by atoms with E-state index in [0.29, 0.717) is 10.9 Å². The van der Waals surface area contributed by atoms with Crippen LogP contribution in [0.2, 0.25) is 0 Å². The van der Waals surface area contributed by atoms with Gasteiger partial charge in [0.15, 0.2) is 0 Å². The molecule has 1 aromatic carbocycles. The van der Waals surface area contributed by atoms with Crippen LogP contribution in [0.15, 0.2) is 18.2 Å². The van der Waals surface area contributed by atoms with Crippen LogP contribution in [0.5, 0.6) is 0 Å². The third-order valence-corrected chi connectivity index (χ3v) is 5.01. The van der Waals surface area contributed by atoms with Gasteiger partial charge in [0.05, 0.1) is 5.56 Å². The van der Waals surface area contributed by atoms with E-state index >= 15 is 0 Å². The van der Waals surface area contributed by atoms with Crippen LogP contribution in [-0.4, -0.2) is 28.9 Å². The van der Waals surface area contributed by atoms with Crippen molar-refractivity contribution in [2.75, 3.05) is 11.1 Å². The van der Waals surface area contributed by atoms with Crippen LogP contribution in [0.25, 0.3) is 0 Å². The summed E-state index contributed by atoms with van der Waals surface area (Å²) in [5, 5.41) is 5.90. The highest BCUT2D eigenvalue weighted by Gasteiger charge is 2.29. The Labute approximate surface area is 134 Å². The lowest BCUT2D eigenvalue weighted by Crippen LogP contribution is -2.39. The molecule has 2 rings (SSSR count). The summed E-state index contributed by atoms with van der Waals surface area (Å²) in [5.41, 5.74) is 0.392. The van der Waals surface area contributed by atoms with Crippen molar-refractivity contribution in [3.63, 3.8) is 0 Å². The lowest BCUT2D eigenvalue weighted by molar-refractivity contribution is -0.114. The normalized spacial score (nSPS) is 20.7. The van der Waals surface area contributed by atoms with Gasteiger partial charge in [0.1, 0.15) is 5.82 Å². The second-order valence-electron chi connectivity index (χ2n) is 5.38. The quantitative estimate of drug-likeness (QED) is 0.874. The Hall–Kier alpha value is -1.56. The molecular formula is C16H21FN2O2S. The van der Waals surface area contributed by atoms with E-state index < -0.39 is 11.7 Å². The summed E-state index contributed by atoms with van der Waals surface area (Å²) < 4.78 is 13.9. The minimum atomic E-state index is -0.579. The first kappa shape index (κ1) is 16.8. The largest absolute Gasteiger partial charge is 0.348 e. The van der Waals surface area contributed by atoms with E-state index in [4.69, 9.17) is 0 Å².